The number of rotatable bonds is 4. The Hall–Kier alpha value is -1.00. The van der Waals surface area contributed by atoms with Gasteiger partial charge in [0.25, 0.3) is 0 Å². The SMILES string of the molecule is COCC(C)Nc1nc(Cl)ccc1N. The van der Waals surface area contributed by atoms with E-state index in [-0.39, 0.29) is 6.04 Å². The van der Waals surface area contributed by atoms with Crippen molar-refractivity contribution >= 4 is 23.1 Å². The third kappa shape index (κ3) is 3.05. The van der Waals surface area contributed by atoms with Crippen LogP contribution < -0.4 is 11.1 Å². The van der Waals surface area contributed by atoms with Crippen molar-refractivity contribution in [3.8, 4) is 0 Å². The van der Waals surface area contributed by atoms with Crippen LogP contribution >= 0.6 is 11.6 Å². The summed E-state index contributed by atoms with van der Waals surface area (Å²) in [6.45, 7) is 2.57. The minimum Gasteiger partial charge on any atom is -0.396 e. The minimum absolute atomic E-state index is 0.147. The van der Waals surface area contributed by atoms with Gasteiger partial charge in [0.1, 0.15) is 5.15 Å². The molecule has 0 fully saturated rings. The number of hydrogen-bond donors (Lipinski definition) is 2. The summed E-state index contributed by atoms with van der Waals surface area (Å²) in [4.78, 5) is 4.07. The van der Waals surface area contributed by atoms with Crippen molar-refractivity contribution in [2.45, 2.75) is 13.0 Å². The van der Waals surface area contributed by atoms with Crippen LogP contribution in [0, 0.1) is 0 Å². The van der Waals surface area contributed by atoms with Crippen LogP contribution in [0.1, 0.15) is 6.92 Å². The van der Waals surface area contributed by atoms with Gasteiger partial charge in [-0.2, -0.15) is 0 Å². The van der Waals surface area contributed by atoms with Gasteiger partial charge in [0.2, 0.25) is 0 Å². The number of nitrogens with two attached hydrogens (primary N) is 1. The van der Waals surface area contributed by atoms with Crippen LogP contribution in [-0.2, 0) is 4.74 Å². The fourth-order valence-corrected chi connectivity index (χ4v) is 1.23. The van der Waals surface area contributed by atoms with E-state index in [4.69, 9.17) is 22.1 Å². The van der Waals surface area contributed by atoms with Gasteiger partial charge in [0.05, 0.1) is 12.3 Å². The zero-order valence-electron chi connectivity index (χ0n) is 8.25. The summed E-state index contributed by atoms with van der Waals surface area (Å²) in [7, 11) is 1.65. The maximum atomic E-state index is 5.74. The average molecular weight is 216 g/mol. The zero-order chi connectivity index (χ0) is 10.6. The molecule has 1 aromatic heterocycles. The maximum Gasteiger partial charge on any atom is 0.151 e. The Morgan fingerprint density at radius 3 is 3.00 bits per heavy atom. The molecule has 0 aliphatic carbocycles. The third-order valence-corrected chi connectivity index (χ3v) is 1.90. The Labute approximate surface area is 88.4 Å². The monoisotopic (exact) mass is 215 g/mol. The van der Waals surface area contributed by atoms with Crippen molar-refractivity contribution in [2.75, 3.05) is 24.8 Å². The van der Waals surface area contributed by atoms with Crippen LogP contribution in [0.5, 0.6) is 0 Å². The third-order valence-electron chi connectivity index (χ3n) is 1.69. The Balaban J connectivity index is 2.70. The van der Waals surface area contributed by atoms with Gasteiger partial charge in [-0.05, 0) is 19.1 Å². The van der Waals surface area contributed by atoms with Crippen molar-refractivity contribution in [3.05, 3.63) is 17.3 Å². The van der Waals surface area contributed by atoms with Gasteiger partial charge in [0.15, 0.2) is 5.82 Å². The molecule has 1 aromatic rings. The first-order valence-corrected chi connectivity index (χ1v) is 4.68. The Morgan fingerprint density at radius 1 is 1.64 bits per heavy atom. The molecule has 0 radical (unpaired) electrons. The van der Waals surface area contributed by atoms with E-state index < -0.39 is 0 Å². The lowest BCUT2D eigenvalue weighted by Gasteiger charge is -2.14. The average Bonchev–Trinajstić information content (AvgIpc) is 2.12. The quantitative estimate of drug-likeness (QED) is 0.752. The van der Waals surface area contributed by atoms with Gasteiger partial charge in [-0.3, -0.25) is 0 Å². The number of pyridine rings is 1. The molecule has 5 heteroatoms. The van der Waals surface area contributed by atoms with Gasteiger partial charge in [0, 0.05) is 13.2 Å². The number of nitrogens with one attached hydrogen (secondary N) is 1. The molecule has 1 rings (SSSR count). The molecule has 78 valence electrons. The van der Waals surface area contributed by atoms with Crippen molar-refractivity contribution in [1.82, 2.24) is 4.98 Å². The van der Waals surface area contributed by atoms with Crippen molar-refractivity contribution in [2.24, 2.45) is 0 Å². The number of hydrogen-bond acceptors (Lipinski definition) is 4. The van der Waals surface area contributed by atoms with Crippen LogP contribution in [0.25, 0.3) is 0 Å². The normalized spacial score (nSPS) is 12.5. The maximum absolute atomic E-state index is 5.74. The first kappa shape index (κ1) is 11.1. The minimum atomic E-state index is 0.147. The summed E-state index contributed by atoms with van der Waals surface area (Å²) >= 11 is 5.74. The van der Waals surface area contributed by atoms with Gasteiger partial charge in [-0.25, -0.2) is 4.98 Å². The lowest BCUT2D eigenvalue weighted by molar-refractivity contribution is 0.190. The van der Waals surface area contributed by atoms with Crippen molar-refractivity contribution in [1.29, 1.82) is 0 Å². The van der Waals surface area contributed by atoms with E-state index in [9.17, 15) is 0 Å². The van der Waals surface area contributed by atoms with Crippen molar-refractivity contribution < 1.29 is 4.74 Å². The predicted molar refractivity (Wildman–Crippen MR) is 58.6 cm³/mol. The highest BCUT2D eigenvalue weighted by Gasteiger charge is 2.05. The molecule has 3 N–H and O–H groups in total. The van der Waals surface area contributed by atoms with Gasteiger partial charge >= 0.3 is 0 Å². The summed E-state index contributed by atoms with van der Waals surface area (Å²) in [5.41, 5.74) is 6.29. The molecule has 1 atom stereocenters. The van der Waals surface area contributed by atoms with Crippen LogP contribution in [0.4, 0.5) is 11.5 Å². The molecule has 1 heterocycles. The van der Waals surface area contributed by atoms with E-state index in [1.165, 1.54) is 0 Å². The summed E-state index contributed by atoms with van der Waals surface area (Å²) in [5.74, 6) is 0.599. The Morgan fingerprint density at radius 2 is 2.36 bits per heavy atom. The van der Waals surface area contributed by atoms with Crippen LogP contribution in [-0.4, -0.2) is 24.7 Å². The lowest BCUT2D eigenvalue weighted by Crippen LogP contribution is -2.22. The highest BCUT2D eigenvalue weighted by Crippen LogP contribution is 2.18. The highest BCUT2D eigenvalue weighted by molar-refractivity contribution is 6.29. The first-order valence-electron chi connectivity index (χ1n) is 4.31. The zero-order valence-corrected chi connectivity index (χ0v) is 9.01. The largest absolute Gasteiger partial charge is 0.396 e. The number of nitrogen functional groups attached to an aromatic ring is 1. The molecule has 0 amide bonds. The number of anilines is 2. The number of methoxy groups -OCH3 is 1. The van der Waals surface area contributed by atoms with Gasteiger partial charge in [-0.15, -0.1) is 0 Å². The van der Waals surface area contributed by atoms with Gasteiger partial charge in [-0.1, -0.05) is 11.6 Å². The molecule has 0 spiro atoms. The summed E-state index contributed by atoms with van der Waals surface area (Å²) in [5, 5.41) is 3.53. The fourth-order valence-electron chi connectivity index (χ4n) is 1.09. The smallest absolute Gasteiger partial charge is 0.151 e. The van der Waals surface area contributed by atoms with E-state index in [0.29, 0.717) is 23.3 Å². The van der Waals surface area contributed by atoms with E-state index >= 15 is 0 Å². The first-order chi connectivity index (χ1) is 6.63. The molecule has 0 aliphatic rings. The standard InChI is InChI=1S/C9H14ClN3O/c1-6(5-14-2)12-9-7(11)3-4-8(10)13-9/h3-4,6H,5,11H2,1-2H3,(H,12,13). The number of halogens is 1. The molecule has 14 heavy (non-hydrogen) atoms. The molecular formula is C9H14ClN3O. The highest BCUT2D eigenvalue weighted by atomic mass is 35.5. The molecule has 0 saturated carbocycles. The van der Waals surface area contributed by atoms with Crippen molar-refractivity contribution in [3.63, 3.8) is 0 Å². The summed E-state index contributed by atoms with van der Waals surface area (Å²) < 4.78 is 4.98. The molecule has 4 nitrogen and oxygen atoms in total. The van der Waals surface area contributed by atoms with Gasteiger partial charge < -0.3 is 15.8 Å². The molecule has 0 aliphatic heterocycles. The Kier molecular flexibility index (Phi) is 3.98. The predicted octanol–water partition coefficient (Wildman–Crippen LogP) is 1.76. The fraction of sp³-hybridized carbons (Fsp3) is 0.444. The van der Waals surface area contributed by atoms with Crippen LogP contribution in [0.3, 0.4) is 0 Å². The lowest BCUT2D eigenvalue weighted by atomic mass is 10.3. The number of ether oxygens (including phenoxy) is 1. The topological polar surface area (TPSA) is 60.2 Å². The number of aromatic nitrogens is 1. The van der Waals surface area contributed by atoms with Crippen LogP contribution in [0.2, 0.25) is 5.15 Å². The molecular weight excluding hydrogens is 202 g/mol. The van der Waals surface area contributed by atoms with E-state index in [0.717, 1.165) is 0 Å². The molecule has 0 aromatic carbocycles. The van der Waals surface area contributed by atoms with Crippen LogP contribution in [0.15, 0.2) is 12.1 Å². The summed E-state index contributed by atoms with van der Waals surface area (Å²) in [6, 6.07) is 3.52. The van der Waals surface area contributed by atoms with E-state index in [2.05, 4.69) is 10.3 Å². The Bertz CT molecular complexity index is 306. The second kappa shape index (κ2) is 5.02. The van der Waals surface area contributed by atoms with E-state index in [1.807, 2.05) is 6.92 Å². The molecule has 1 unspecified atom stereocenters. The summed E-state index contributed by atoms with van der Waals surface area (Å²) in [6.07, 6.45) is 0. The second-order valence-corrected chi connectivity index (χ2v) is 3.46. The molecule has 0 saturated heterocycles. The number of nitrogens with zero attached hydrogens (tertiary/aromatic N) is 1. The second-order valence-electron chi connectivity index (χ2n) is 3.07. The molecule has 0 bridgehead atoms. The van der Waals surface area contributed by atoms with E-state index in [1.54, 1.807) is 19.2 Å².